The van der Waals surface area contributed by atoms with Gasteiger partial charge in [0, 0.05) is 35.9 Å². The summed E-state index contributed by atoms with van der Waals surface area (Å²) in [4.78, 5) is 13.2. The fraction of sp³-hybridized carbons (Fsp3) is 0.276. The number of rotatable bonds is 11. The monoisotopic (exact) mass is 437 g/mol. The molecule has 0 unspecified atom stereocenters. The highest BCUT2D eigenvalue weighted by molar-refractivity contribution is 5.76. The molecule has 4 rings (SSSR count). The number of pyridine rings is 3. The van der Waals surface area contributed by atoms with Gasteiger partial charge in [-0.05, 0) is 66.1 Å². The first-order valence-electron chi connectivity index (χ1n) is 11.9. The maximum atomic E-state index is 5.96. The smallest absolute Gasteiger partial charge is 0.119 e. The molecule has 0 aliphatic heterocycles. The first-order valence-corrected chi connectivity index (χ1v) is 11.9. The molecule has 0 atom stereocenters. The third kappa shape index (κ3) is 6.48. The Balaban J connectivity index is 1.51. The van der Waals surface area contributed by atoms with Crippen molar-refractivity contribution < 1.29 is 4.74 Å². The van der Waals surface area contributed by atoms with Gasteiger partial charge in [-0.1, -0.05) is 51.2 Å². The Kier molecular flexibility index (Phi) is 8.18. The van der Waals surface area contributed by atoms with E-state index >= 15 is 0 Å². The lowest BCUT2D eigenvalue weighted by atomic mass is 10.0. The Morgan fingerprint density at radius 3 is 1.70 bits per heavy atom. The molecular weight excluding hydrogens is 406 g/mol. The van der Waals surface area contributed by atoms with Crippen LogP contribution < -0.4 is 4.74 Å². The van der Waals surface area contributed by atoms with Crippen molar-refractivity contribution in [1.29, 1.82) is 0 Å². The maximum Gasteiger partial charge on any atom is 0.119 e. The summed E-state index contributed by atoms with van der Waals surface area (Å²) >= 11 is 0. The second kappa shape index (κ2) is 11.9. The van der Waals surface area contributed by atoms with Crippen LogP contribution in [-0.4, -0.2) is 21.6 Å². The average molecular weight is 438 g/mol. The molecule has 4 nitrogen and oxygen atoms in total. The largest absolute Gasteiger partial charge is 0.494 e. The van der Waals surface area contributed by atoms with Gasteiger partial charge in [-0.15, -0.1) is 0 Å². The Hall–Kier alpha value is -3.53. The molecule has 0 N–H and O–H groups in total. The van der Waals surface area contributed by atoms with Crippen LogP contribution in [0.4, 0.5) is 0 Å². The van der Waals surface area contributed by atoms with E-state index in [2.05, 4.69) is 53.3 Å². The van der Waals surface area contributed by atoms with Crippen LogP contribution in [0.2, 0.25) is 0 Å². The van der Waals surface area contributed by atoms with E-state index < -0.39 is 0 Å². The van der Waals surface area contributed by atoms with Crippen molar-refractivity contribution in [3.8, 4) is 39.4 Å². The summed E-state index contributed by atoms with van der Waals surface area (Å²) in [7, 11) is 0. The van der Waals surface area contributed by atoms with Gasteiger partial charge in [0.05, 0.1) is 18.0 Å². The topological polar surface area (TPSA) is 47.9 Å². The molecule has 0 radical (unpaired) electrons. The van der Waals surface area contributed by atoms with E-state index in [4.69, 9.17) is 9.72 Å². The van der Waals surface area contributed by atoms with E-state index in [0.717, 1.165) is 52.4 Å². The highest BCUT2D eigenvalue weighted by Crippen LogP contribution is 2.30. The molecule has 4 heteroatoms. The Labute approximate surface area is 196 Å². The molecule has 33 heavy (non-hydrogen) atoms. The molecule has 0 aliphatic carbocycles. The lowest BCUT2D eigenvalue weighted by molar-refractivity contribution is 0.304. The first-order chi connectivity index (χ1) is 16.3. The van der Waals surface area contributed by atoms with Crippen LogP contribution >= 0.6 is 0 Å². The summed E-state index contributed by atoms with van der Waals surface area (Å²) < 4.78 is 5.96. The van der Waals surface area contributed by atoms with Gasteiger partial charge in [0.15, 0.2) is 0 Å². The van der Waals surface area contributed by atoms with Gasteiger partial charge in [0.25, 0.3) is 0 Å². The minimum Gasteiger partial charge on any atom is -0.494 e. The van der Waals surface area contributed by atoms with Gasteiger partial charge in [0.2, 0.25) is 0 Å². The first kappa shape index (κ1) is 22.7. The molecule has 0 amide bonds. The number of ether oxygens (including phenoxy) is 1. The highest BCUT2D eigenvalue weighted by Gasteiger charge is 2.09. The van der Waals surface area contributed by atoms with Gasteiger partial charge in [0.1, 0.15) is 5.75 Å². The molecule has 0 bridgehead atoms. The van der Waals surface area contributed by atoms with Crippen LogP contribution in [0, 0.1) is 0 Å². The van der Waals surface area contributed by atoms with Crippen LogP contribution in [0.15, 0.2) is 85.5 Å². The van der Waals surface area contributed by atoms with E-state index in [9.17, 15) is 0 Å². The lowest BCUT2D eigenvalue weighted by Crippen LogP contribution is -1.97. The fourth-order valence-electron chi connectivity index (χ4n) is 3.85. The molecule has 0 aliphatic rings. The Morgan fingerprint density at radius 2 is 1.12 bits per heavy atom. The molecule has 168 valence electrons. The summed E-state index contributed by atoms with van der Waals surface area (Å²) in [5.74, 6) is 0.921. The van der Waals surface area contributed by atoms with Crippen molar-refractivity contribution in [2.45, 2.75) is 45.4 Å². The Bertz CT molecular complexity index is 1050. The van der Waals surface area contributed by atoms with Crippen LogP contribution in [0.25, 0.3) is 33.6 Å². The van der Waals surface area contributed by atoms with Crippen molar-refractivity contribution in [2.24, 2.45) is 0 Å². The maximum absolute atomic E-state index is 5.96. The van der Waals surface area contributed by atoms with Gasteiger partial charge in [-0.3, -0.25) is 9.97 Å². The van der Waals surface area contributed by atoms with E-state index in [0.29, 0.717) is 0 Å². The molecule has 0 saturated heterocycles. The normalized spacial score (nSPS) is 10.8. The third-order valence-electron chi connectivity index (χ3n) is 5.73. The molecule has 4 aromatic rings. The number of hydrogen-bond donors (Lipinski definition) is 0. The van der Waals surface area contributed by atoms with Gasteiger partial charge in [-0.25, -0.2) is 4.98 Å². The second-order valence-corrected chi connectivity index (χ2v) is 8.24. The molecule has 1 aromatic carbocycles. The van der Waals surface area contributed by atoms with E-state index in [1.54, 1.807) is 24.8 Å². The summed E-state index contributed by atoms with van der Waals surface area (Å²) in [5, 5.41) is 0. The molecule has 3 heterocycles. The van der Waals surface area contributed by atoms with Crippen LogP contribution in [0.1, 0.15) is 45.4 Å². The number of nitrogens with zero attached hydrogens (tertiary/aromatic N) is 3. The summed E-state index contributed by atoms with van der Waals surface area (Å²) in [6, 6.07) is 20.6. The van der Waals surface area contributed by atoms with Crippen LogP contribution in [-0.2, 0) is 0 Å². The summed E-state index contributed by atoms with van der Waals surface area (Å²) in [6.45, 7) is 3.03. The predicted molar refractivity (Wildman–Crippen MR) is 135 cm³/mol. The van der Waals surface area contributed by atoms with E-state index in [1.165, 1.54) is 32.1 Å². The van der Waals surface area contributed by atoms with Crippen LogP contribution in [0.5, 0.6) is 5.75 Å². The standard InChI is InChI=1S/C29H31N3O/c1-2-3-4-5-6-7-20-33-27-10-8-23(9-11-27)26-21-28(24-12-16-30-17-13-24)32-29(22-26)25-14-18-31-19-15-25/h8-19,21-22H,2-7,20H2,1H3. The number of benzene rings is 1. The molecular formula is C29H31N3O. The fourth-order valence-corrected chi connectivity index (χ4v) is 3.85. The number of unbranched alkanes of at least 4 members (excludes halogenated alkanes) is 5. The van der Waals surface area contributed by atoms with Gasteiger partial charge < -0.3 is 4.74 Å². The summed E-state index contributed by atoms with van der Waals surface area (Å²) in [6.07, 6.45) is 14.8. The molecule has 0 fully saturated rings. The second-order valence-electron chi connectivity index (χ2n) is 8.24. The van der Waals surface area contributed by atoms with Crippen molar-refractivity contribution in [1.82, 2.24) is 15.0 Å². The zero-order valence-corrected chi connectivity index (χ0v) is 19.3. The number of aromatic nitrogens is 3. The zero-order valence-electron chi connectivity index (χ0n) is 19.3. The van der Waals surface area contributed by atoms with Crippen molar-refractivity contribution in [3.63, 3.8) is 0 Å². The SMILES string of the molecule is CCCCCCCCOc1ccc(-c2cc(-c3ccncc3)nc(-c3ccncc3)c2)cc1. The lowest BCUT2D eigenvalue weighted by Gasteiger charge is -2.11. The third-order valence-corrected chi connectivity index (χ3v) is 5.73. The van der Waals surface area contributed by atoms with Crippen LogP contribution in [0.3, 0.4) is 0 Å². The van der Waals surface area contributed by atoms with Crippen molar-refractivity contribution in [3.05, 3.63) is 85.5 Å². The molecule has 3 aromatic heterocycles. The quantitative estimate of drug-likeness (QED) is 0.227. The zero-order chi connectivity index (χ0) is 22.7. The number of hydrogen-bond acceptors (Lipinski definition) is 4. The van der Waals surface area contributed by atoms with Gasteiger partial charge in [-0.2, -0.15) is 0 Å². The van der Waals surface area contributed by atoms with Crippen molar-refractivity contribution in [2.75, 3.05) is 6.61 Å². The van der Waals surface area contributed by atoms with Crippen molar-refractivity contribution >= 4 is 0 Å². The molecule has 0 saturated carbocycles. The molecule has 0 spiro atoms. The highest BCUT2D eigenvalue weighted by atomic mass is 16.5. The average Bonchev–Trinajstić information content (AvgIpc) is 2.89. The minimum atomic E-state index is 0.777. The minimum absolute atomic E-state index is 0.777. The summed E-state index contributed by atoms with van der Waals surface area (Å²) in [5.41, 5.74) is 6.18. The van der Waals surface area contributed by atoms with E-state index in [-0.39, 0.29) is 0 Å². The van der Waals surface area contributed by atoms with Gasteiger partial charge >= 0.3 is 0 Å². The predicted octanol–water partition coefficient (Wildman–Crippen LogP) is 7.61. The van der Waals surface area contributed by atoms with E-state index in [1.807, 2.05) is 24.3 Å². The Morgan fingerprint density at radius 1 is 0.576 bits per heavy atom.